The molecule has 0 radical (unpaired) electrons. The number of nitrogens with zero attached hydrogens (tertiary/aromatic N) is 1. The summed E-state index contributed by atoms with van der Waals surface area (Å²) in [6, 6.07) is 0.210. The molecule has 1 aromatic rings. The second-order valence-corrected chi connectivity index (χ2v) is 10.4. The monoisotopic (exact) mass is 612 g/mol. The lowest BCUT2D eigenvalue weighted by Crippen LogP contribution is -2.47. The van der Waals surface area contributed by atoms with Crippen molar-refractivity contribution in [2.45, 2.75) is 85.0 Å². The van der Waals surface area contributed by atoms with Gasteiger partial charge < -0.3 is 24.3 Å². The molecule has 0 bridgehead atoms. The molecule has 0 unspecified atom stereocenters. The number of rotatable bonds is 11. The van der Waals surface area contributed by atoms with Gasteiger partial charge >= 0.3 is 23.9 Å². The predicted molar refractivity (Wildman–Crippen MR) is 143 cm³/mol. The molecule has 0 saturated carbocycles. The quantitative estimate of drug-likeness (QED) is 0.170. The number of aromatic nitrogens is 1. The number of unbranched alkanes of at least 4 members (excludes halogenated alkanes) is 2. The van der Waals surface area contributed by atoms with Crippen LogP contribution in [0.2, 0.25) is 0 Å². The second kappa shape index (κ2) is 15.5. The van der Waals surface area contributed by atoms with Crippen LogP contribution in [0.4, 0.5) is 0 Å². The molecule has 0 aromatic carbocycles. The normalized spacial score (nSPS) is 21.6. The minimum absolute atomic E-state index is 0.0194. The molecule has 216 valence electrons. The molecule has 0 spiro atoms. The number of hydrogen-bond donors (Lipinski definition) is 1. The third-order valence-corrected chi connectivity index (χ3v) is 6.72. The van der Waals surface area contributed by atoms with E-state index in [0.717, 1.165) is 18.2 Å². The maximum Gasteiger partial charge on any atom is 0.332 e. The van der Waals surface area contributed by atoms with Crippen molar-refractivity contribution < 1.29 is 42.9 Å². The third kappa shape index (κ3) is 9.29. The topological polar surface area (TPSA) is 147 Å². The highest BCUT2D eigenvalue weighted by Crippen LogP contribution is 2.25. The fourth-order valence-corrected chi connectivity index (χ4v) is 4.25. The number of aryl methyl sites for hydroxylation is 1. The molecule has 4 atom stereocenters. The maximum absolute atomic E-state index is 13.2. The number of carbonyl (C=O) groups excluding carboxylic acids is 5. The Morgan fingerprint density at radius 3 is 2.54 bits per heavy atom. The molecule has 2 heterocycles. The van der Waals surface area contributed by atoms with Crippen LogP contribution in [0, 0.1) is 18.8 Å². The Morgan fingerprint density at radius 1 is 1.18 bits per heavy atom. The summed E-state index contributed by atoms with van der Waals surface area (Å²) in [6.45, 7) is 7.68. The summed E-state index contributed by atoms with van der Waals surface area (Å²) >= 11 is 3.35. The first-order valence-electron chi connectivity index (χ1n) is 13.1. The summed E-state index contributed by atoms with van der Waals surface area (Å²) < 4.78 is 21.8. The van der Waals surface area contributed by atoms with Gasteiger partial charge in [-0.15, -0.1) is 0 Å². The fourth-order valence-electron chi connectivity index (χ4n) is 3.85. The number of cyclic esters (lactones) is 2. The van der Waals surface area contributed by atoms with E-state index in [2.05, 4.69) is 26.2 Å². The van der Waals surface area contributed by atoms with Gasteiger partial charge in [-0.25, -0.2) is 9.78 Å². The lowest BCUT2D eigenvalue weighted by molar-refractivity contribution is -0.176. The highest BCUT2D eigenvalue weighted by Gasteiger charge is 2.41. The van der Waals surface area contributed by atoms with E-state index >= 15 is 0 Å². The van der Waals surface area contributed by atoms with Crippen molar-refractivity contribution in [3.8, 4) is 5.75 Å². The Balaban J connectivity index is 2.21. The minimum atomic E-state index is -1.38. The van der Waals surface area contributed by atoms with E-state index in [0.29, 0.717) is 12.0 Å². The van der Waals surface area contributed by atoms with Crippen LogP contribution < -0.4 is 10.1 Å². The third-order valence-electron chi connectivity index (χ3n) is 6.16. The van der Waals surface area contributed by atoms with Gasteiger partial charge in [-0.05, 0) is 44.7 Å². The average Bonchev–Trinajstić information content (AvgIpc) is 2.92. The molecule has 0 aliphatic carbocycles. The van der Waals surface area contributed by atoms with Crippen molar-refractivity contribution in [2.75, 3.05) is 11.9 Å². The van der Waals surface area contributed by atoms with E-state index < -0.39 is 66.5 Å². The standard InChI is InChI=1S/C27H37BrN2O9/c1-6-18-23(39-25(33)15(2)3)17(5)37-27(35)19(14-36-26(18)34)30-24(32)21-22(16(4)11-13-29-21)38-20(31)10-8-7-9-12-28/h11,13,15,17-19,23H,6-10,12,14H2,1-5H3,(H,30,32)/t17-,18+,19-,23-/m0/s1. The van der Waals surface area contributed by atoms with Crippen LogP contribution in [-0.2, 0) is 33.4 Å². The molecule has 1 aliphatic rings. The zero-order valence-electron chi connectivity index (χ0n) is 23.0. The molecule has 1 aliphatic heterocycles. The maximum atomic E-state index is 13.2. The molecule has 11 nitrogen and oxygen atoms in total. The molecule has 2 rings (SSSR count). The van der Waals surface area contributed by atoms with Gasteiger partial charge in [-0.3, -0.25) is 19.2 Å². The van der Waals surface area contributed by atoms with Gasteiger partial charge in [0.15, 0.2) is 23.6 Å². The van der Waals surface area contributed by atoms with Gasteiger partial charge in [0.25, 0.3) is 5.91 Å². The Morgan fingerprint density at radius 2 is 1.90 bits per heavy atom. The predicted octanol–water partition coefficient (Wildman–Crippen LogP) is 3.43. The molecule has 1 fully saturated rings. The number of alkyl halides is 1. The van der Waals surface area contributed by atoms with E-state index in [1.54, 1.807) is 33.8 Å². The van der Waals surface area contributed by atoms with Crippen LogP contribution in [0.3, 0.4) is 0 Å². The molecule has 12 heteroatoms. The van der Waals surface area contributed by atoms with Crippen molar-refractivity contribution in [3.63, 3.8) is 0 Å². The van der Waals surface area contributed by atoms with Crippen molar-refractivity contribution in [2.24, 2.45) is 11.8 Å². The molecular weight excluding hydrogens is 576 g/mol. The van der Waals surface area contributed by atoms with E-state index in [9.17, 15) is 24.0 Å². The molecular formula is C27H37BrN2O9. The van der Waals surface area contributed by atoms with Crippen molar-refractivity contribution >= 4 is 45.7 Å². The average molecular weight is 614 g/mol. The van der Waals surface area contributed by atoms with Gasteiger partial charge in [0.1, 0.15) is 12.7 Å². The van der Waals surface area contributed by atoms with Gasteiger partial charge in [0, 0.05) is 17.9 Å². The molecule has 1 saturated heterocycles. The summed E-state index contributed by atoms with van der Waals surface area (Å²) in [7, 11) is 0. The van der Waals surface area contributed by atoms with Crippen molar-refractivity contribution in [1.82, 2.24) is 10.3 Å². The molecule has 39 heavy (non-hydrogen) atoms. The number of nitrogens with one attached hydrogen (secondary N) is 1. The zero-order chi connectivity index (χ0) is 29.1. The highest BCUT2D eigenvalue weighted by molar-refractivity contribution is 9.09. The van der Waals surface area contributed by atoms with Crippen LogP contribution in [0.1, 0.15) is 75.9 Å². The number of esters is 4. The Labute approximate surface area is 236 Å². The smallest absolute Gasteiger partial charge is 0.332 e. The van der Waals surface area contributed by atoms with Gasteiger partial charge in [-0.2, -0.15) is 0 Å². The largest absolute Gasteiger partial charge is 0.463 e. The van der Waals surface area contributed by atoms with Crippen LogP contribution >= 0.6 is 15.9 Å². The lowest BCUT2D eigenvalue weighted by Gasteiger charge is -2.29. The summed E-state index contributed by atoms with van der Waals surface area (Å²) in [5.41, 5.74) is 0.299. The van der Waals surface area contributed by atoms with Crippen LogP contribution in [0.5, 0.6) is 5.75 Å². The molecule has 1 aromatic heterocycles. The van der Waals surface area contributed by atoms with Gasteiger partial charge in [0.2, 0.25) is 0 Å². The Bertz CT molecular complexity index is 1050. The highest BCUT2D eigenvalue weighted by atomic mass is 79.9. The van der Waals surface area contributed by atoms with Crippen molar-refractivity contribution in [3.05, 3.63) is 23.5 Å². The Kier molecular flexibility index (Phi) is 12.8. The Hall–Kier alpha value is -3.02. The van der Waals surface area contributed by atoms with Crippen LogP contribution in [0.15, 0.2) is 12.3 Å². The summed E-state index contributed by atoms with van der Waals surface area (Å²) in [5.74, 6) is -4.80. The summed E-state index contributed by atoms with van der Waals surface area (Å²) in [6.07, 6.45) is 2.17. The van der Waals surface area contributed by atoms with Gasteiger partial charge in [-0.1, -0.05) is 43.1 Å². The number of pyridine rings is 1. The van der Waals surface area contributed by atoms with Gasteiger partial charge in [0.05, 0.1) is 11.8 Å². The number of halogens is 1. The van der Waals surface area contributed by atoms with Crippen LogP contribution in [0.25, 0.3) is 0 Å². The van der Waals surface area contributed by atoms with E-state index in [1.807, 2.05) is 0 Å². The zero-order valence-corrected chi connectivity index (χ0v) is 24.6. The van der Waals surface area contributed by atoms with Crippen molar-refractivity contribution in [1.29, 1.82) is 0 Å². The number of amides is 1. The SMILES string of the molecule is CC[C@H]1C(=O)OC[C@H](NC(=O)c2nccc(C)c2OC(=O)CCCCCBr)C(=O)O[C@@H](C)[C@@H]1OC(=O)C(C)C. The number of hydrogen-bond acceptors (Lipinski definition) is 10. The number of carbonyl (C=O) groups is 5. The molecule has 1 N–H and O–H groups in total. The summed E-state index contributed by atoms with van der Waals surface area (Å²) in [5, 5.41) is 3.31. The number of ether oxygens (including phenoxy) is 4. The van der Waals surface area contributed by atoms with E-state index in [1.165, 1.54) is 13.1 Å². The second-order valence-electron chi connectivity index (χ2n) is 9.65. The summed E-state index contributed by atoms with van der Waals surface area (Å²) in [4.78, 5) is 67.7. The van der Waals surface area contributed by atoms with E-state index in [-0.39, 0.29) is 24.3 Å². The minimum Gasteiger partial charge on any atom is -0.463 e. The first-order chi connectivity index (χ1) is 18.5. The van der Waals surface area contributed by atoms with Crippen LogP contribution in [-0.4, -0.2) is 65.0 Å². The first kappa shape index (κ1) is 32.2. The van der Waals surface area contributed by atoms with E-state index in [4.69, 9.17) is 18.9 Å². The lowest BCUT2D eigenvalue weighted by atomic mass is 9.95. The molecule has 1 amide bonds. The fraction of sp³-hybridized carbons (Fsp3) is 0.630. The first-order valence-corrected chi connectivity index (χ1v) is 14.2.